The number of amides is 1. The van der Waals surface area contributed by atoms with Crippen LogP contribution in [0.15, 0.2) is 79.0 Å². The zero-order valence-corrected chi connectivity index (χ0v) is 20.7. The van der Waals surface area contributed by atoms with Crippen molar-refractivity contribution in [2.24, 2.45) is 0 Å². The number of carbonyl (C=O) groups excluding carboxylic acids is 1. The number of carbonyl (C=O) groups is 1. The van der Waals surface area contributed by atoms with Crippen LogP contribution in [-0.2, 0) is 6.61 Å². The maximum Gasteiger partial charge on any atom is 0.278 e. The number of piperazine rings is 1. The smallest absolute Gasteiger partial charge is 0.278 e. The predicted octanol–water partition coefficient (Wildman–Crippen LogP) is 5.51. The molecule has 1 fully saturated rings. The molecule has 1 aliphatic heterocycles. The van der Waals surface area contributed by atoms with Crippen molar-refractivity contribution >= 4 is 23.2 Å². The minimum Gasteiger partial charge on any atom is -0.485 e. The molecule has 0 N–H and O–H groups in total. The third kappa shape index (κ3) is 5.21. The number of nitrogens with zero attached hydrogens (tertiary/aromatic N) is 4. The molecule has 8 heteroatoms. The lowest BCUT2D eigenvalue weighted by Gasteiger charge is -2.36. The first-order valence-electron chi connectivity index (χ1n) is 11.8. The molecule has 3 aromatic carbocycles. The second-order valence-electron chi connectivity index (χ2n) is 8.75. The maximum absolute atomic E-state index is 13.6. The summed E-state index contributed by atoms with van der Waals surface area (Å²) in [5.41, 5.74) is 4.09. The minimum absolute atomic E-state index is 0.193. The van der Waals surface area contributed by atoms with Gasteiger partial charge in [-0.1, -0.05) is 48.0 Å². The molecule has 36 heavy (non-hydrogen) atoms. The third-order valence-electron chi connectivity index (χ3n) is 6.29. The van der Waals surface area contributed by atoms with Crippen LogP contribution in [0.1, 0.15) is 21.6 Å². The molecular formula is C28H26ClFN4O2. The Balaban J connectivity index is 1.36. The summed E-state index contributed by atoms with van der Waals surface area (Å²) in [6.07, 6.45) is 1.68. The Morgan fingerprint density at radius 3 is 2.44 bits per heavy atom. The van der Waals surface area contributed by atoms with Crippen LogP contribution in [0.2, 0.25) is 5.02 Å². The van der Waals surface area contributed by atoms with E-state index in [1.165, 1.54) is 12.1 Å². The van der Waals surface area contributed by atoms with E-state index in [4.69, 9.17) is 16.3 Å². The summed E-state index contributed by atoms with van der Waals surface area (Å²) < 4.78 is 21.0. The van der Waals surface area contributed by atoms with Crippen LogP contribution in [0.5, 0.6) is 5.75 Å². The van der Waals surface area contributed by atoms with E-state index in [-0.39, 0.29) is 17.4 Å². The second-order valence-corrected chi connectivity index (χ2v) is 9.18. The number of rotatable bonds is 6. The first-order valence-corrected chi connectivity index (χ1v) is 12.2. The van der Waals surface area contributed by atoms with Crippen LogP contribution in [0.3, 0.4) is 0 Å². The molecule has 0 unspecified atom stereocenters. The maximum atomic E-state index is 13.6. The highest BCUT2D eigenvalue weighted by atomic mass is 35.5. The highest BCUT2D eigenvalue weighted by molar-refractivity contribution is 6.30. The number of halogens is 2. The number of aryl methyl sites for hydroxylation is 1. The van der Waals surface area contributed by atoms with Gasteiger partial charge in [0.05, 0.1) is 11.9 Å². The van der Waals surface area contributed by atoms with Crippen molar-refractivity contribution in [1.29, 1.82) is 0 Å². The summed E-state index contributed by atoms with van der Waals surface area (Å²) in [4.78, 5) is 17.6. The van der Waals surface area contributed by atoms with Gasteiger partial charge in [-0.25, -0.2) is 9.07 Å². The van der Waals surface area contributed by atoms with Crippen molar-refractivity contribution in [2.45, 2.75) is 13.5 Å². The lowest BCUT2D eigenvalue weighted by atomic mass is 10.1. The van der Waals surface area contributed by atoms with E-state index in [1.807, 2.05) is 48.5 Å². The Morgan fingerprint density at radius 1 is 1.00 bits per heavy atom. The van der Waals surface area contributed by atoms with Gasteiger partial charge in [-0.3, -0.25) is 4.79 Å². The lowest BCUT2D eigenvalue weighted by Crippen LogP contribution is -2.49. The van der Waals surface area contributed by atoms with Gasteiger partial charge in [0.15, 0.2) is 11.4 Å². The molecule has 0 atom stereocenters. The minimum atomic E-state index is -0.337. The summed E-state index contributed by atoms with van der Waals surface area (Å²) in [6, 6.07) is 21.5. The molecular weight excluding hydrogens is 479 g/mol. The van der Waals surface area contributed by atoms with Gasteiger partial charge in [-0.2, -0.15) is 5.10 Å². The molecule has 1 amide bonds. The van der Waals surface area contributed by atoms with E-state index in [0.717, 1.165) is 16.8 Å². The van der Waals surface area contributed by atoms with Crippen LogP contribution in [-0.4, -0.2) is 46.8 Å². The van der Waals surface area contributed by atoms with Gasteiger partial charge in [0.25, 0.3) is 5.91 Å². The molecule has 0 saturated carbocycles. The number of aromatic nitrogens is 2. The lowest BCUT2D eigenvalue weighted by molar-refractivity contribution is 0.0735. The Morgan fingerprint density at radius 2 is 1.72 bits per heavy atom. The largest absolute Gasteiger partial charge is 0.485 e. The molecule has 0 spiro atoms. The SMILES string of the molecule is Cc1ccc(Cl)cc1N1CCN(C(=O)c2nn(-c3ccc(F)cc3)cc2OCc2ccccc2)CC1. The van der Waals surface area contributed by atoms with E-state index in [0.29, 0.717) is 49.2 Å². The molecule has 0 aliphatic carbocycles. The van der Waals surface area contributed by atoms with Crippen molar-refractivity contribution in [3.05, 3.63) is 107 Å². The fourth-order valence-corrected chi connectivity index (χ4v) is 4.46. The van der Waals surface area contributed by atoms with E-state index in [1.54, 1.807) is 27.9 Å². The average molecular weight is 505 g/mol. The van der Waals surface area contributed by atoms with Gasteiger partial charge in [0.1, 0.15) is 12.4 Å². The molecule has 1 aromatic heterocycles. The zero-order chi connectivity index (χ0) is 25.1. The van der Waals surface area contributed by atoms with Crippen LogP contribution >= 0.6 is 11.6 Å². The monoisotopic (exact) mass is 504 g/mol. The van der Waals surface area contributed by atoms with E-state index in [2.05, 4.69) is 16.9 Å². The first-order chi connectivity index (χ1) is 17.5. The second kappa shape index (κ2) is 10.4. The average Bonchev–Trinajstić information content (AvgIpc) is 3.34. The fraction of sp³-hybridized carbons (Fsp3) is 0.214. The molecule has 2 heterocycles. The molecule has 0 bridgehead atoms. The van der Waals surface area contributed by atoms with Crippen molar-refractivity contribution in [3.63, 3.8) is 0 Å². The first kappa shape index (κ1) is 23.9. The summed E-state index contributed by atoms with van der Waals surface area (Å²) in [5.74, 6) is -0.141. The summed E-state index contributed by atoms with van der Waals surface area (Å²) >= 11 is 6.21. The Labute approximate surface area is 214 Å². The Kier molecular flexibility index (Phi) is 6.91. The van der Waals surface area contributed by atoms with Crippen LogP contribution < -0.4 is 9.64 Å². The molecule has 4 aromatic rings. The Hall–Kier alpha value is -3.84. The number of ether oxygens (including phenoxy) is 1. The highest BCUT2D eigenvalue weighted by Gasteiger charge is 2.28. The molecule has 1 saturated heterocycles. The quantitative estimate of drug-likeness (QED) is 0.347. The fourth-order valence-electron chi connectivity index (χ4n) is 4.30. The van der Waals surface area contributed by atoms with Crippen LogP contribution in [0, 0.1) is 12.7 Å². The number of hydrogen-bond donors (Lipinski definition) is 0. The number of hydrogen-bond acceptors (Lipinski definition) is 4. The van der Waals surface area contributed by atoms with E-state index < -0.39 is 0 Å². The zero-order valence-electron chi connectivity index (χ0n) is 19.9. The number of anilines is 1. The molecule has 0 radical (unpaired) electrons. The molecule has 6 nitrogen and oxygen atoms in total. The van der Waals surface area contributed by atoms with Crippen LogP contribution in [0.25, 0.3) is 5.69 Å². The Bertz CT molecular complexity index is 1350. The molecule has 184 valence electrons. The summed E-state index contributed by atoms with van der Waals surface area (Å²) in [6.45, 7) is 4.83. The van der Waals surface area contributed by atoms with Gasteiger partial charge in [-0.05, 0) is 54.4 Å². The van der Waals surface area contributed by atoms with E-state index >= 15 is 0 Å². The molecule has 5 rings (SSSR count). The van der Waals surface area contributed by atoms with Crippen molar-refractivity contribution in [3.8, 4) is 11.4 Å². The van der Waals surface area contributed by atoms with Crippen molar-refractivity contribution in [1.82, 2.24) is 14.7 Å². The number of benzene rings is 3. The van der Waals surface area contributed by atoms with Crippen molar-refractivity contribution < 1.29 is 13.9 Å². The van der Waals surface area contributed by atoms with Gasteiger partial charge >= 0.3 is 0 Å². The van der Waals surface area contributed by atoms with Gasteiger partial charge < -0.3 is 14.5 Å². The van der Waals surface area contributed by atoms with Gasteiger partial charge in [0.2, 0.25) is 0 Å². The molecule has 1 aliphatic rings. The topological polar surface area (TPSA) is 50.6 Å². The summed E-state index contributed by atoms with van der Waals surface area (Å²) in [5, 5.41) is 5.24. The third-order valence-corrected chi connectivity index (χ3v) is 6.53. The van der Waals surface area contributed by atoms with Crippen LogP contribution in [0.4, 0.5) is 10.1 Å². The summed E-state index contributed by atoms with van der Waals surface area (Å²) in [7, 11) is 0. The van der Waals surface area contributed by atoms with Gasteiger partial charge in [-0.15, -0.1) is 0 Å². The highest BCUT2D eigenvalue weighted by Crippen LogP contribution is 2.27. The van der Waals surface area contributed by atoms with Gasteiger partial charge in [0, 0.05) is 36.9 Å². The normalized spacial score (nSPS) is 13.6. The standard InChI is InChI=1S/C28H26ClFN4O2/c1-20-7-8-22(29)17-25(20)32-13-15-33(16-14-32)28(35)27-26(36-19-21-5-3-2-4-6-21)18-34(31-27)24-11-9-23(30)10-12-24/h2-12,17-18H,13-16,19H2,1H3. The predicted molar refractivity (Wildman–Crippen MR) is 139 cm³/mol. The van der Waals surface area contributed by atoms with E-state index in [9.17, 15) is 9.18 Å². The van der Waals surface area contributed by atoms with Crippen molar-refractivity contribution in [2.75, 3.05) is 31.1 Å².